The van der Waals surface area contributed by atoms with Crippen LogP contribution in [0.5, 0.6) is 0 Å². The van der Waals surface area contributed by atoms with Gasteiger partial charge in [-0.1, -0.05) is 12.8 Å². The van der Waals surface area contributed by atoms with Crippen molar-refractivity contribution in [3.8, 4) is 0 Å². The molecule has 1 saturated heterocycles. The summed E-state index contributed by atoms with van der Waals surface area (Å²) in [6.45, 7) is 11.8. The van der Waals surface area contributed by atoms with Crippen molar-refractivity contribution in [2.45, 2.75) is 78.4 Å². The molecular formula is C24H44IN5O2. The van der Waals surface area contributed by atoms with Crippen molar-refractivity contribution in [3.63, 3.8) is 0 Å². The van der Waals surface area contributed by atoms with Gasteiger partial charge in [-0.15, -0.1) is 24.0 Å². The number of aliphatic imine (C=N–C) groups is 1. The first-order valence-electron chi connectivity index (χ1n) is 12.3. The highest BCUT2D eigenvalue weighted by Gasteiger charge is 2.25. The van der Waals surface area contributed by atoms with E-state index >= 15 is 0 Å². The zero-order chi connectivity index (χ0) is 22.1. The molecule has 1 atom stereocenters. The average Bonchev–Trinajstić information content (AvgIpc) is 3.41. The topological polar surface area (TPSA) is 74.9 Å². The van der Waals surface area contributed by atoms with Crippen molar-refractivity contribution in [3.05, 3.63) is 17.3 Å². The minimum atomic E-state index is 0. The van der Waals surface area contributed by atoms with E-state index in [1.165, 1.54) is 38.5 Å². The fraction of sp³-hybridized carbons (Fsp3) is 0.833. The van der Waals surface area contributed by atoms with Gasteiger partial charge in [0, 0.05) is 26.7 Å². The molecule has 32 heavy (non-hydrogen) atoms. The van der Waals surface area contributed by atoms with Gasteiger partial charge in [0.15, 0.2) is 5.96 Å². The molecule has 2 heterocycles. The molecule has 1 unspecified atom stereocenters. The molecule has 0 amide bonds. The van der Waals surface area contributed by atoms with Crippen molar-refractivity contribution in [1.29, 1.82) is 0 Å². The summed E-state index contributed by atoms with van der Waals surface area (Å²) >= 11 is 0. The number of piperidine rings is 1. The lowest BCUT2D eigenvalue weighted by molar-refractivity contribution is 0.0169. The molecule has 8 heteroatoms. The minimum Gasteiger partial charge on any atom is -0.444 e. The van der Waals surface area contributed by atoms with Crippen LogP contribution >= 0.6 is 24.0 Å². The largest absolute Gasteiger partial charge is 0.444 e. The van der Waals surface area contributed by atoms with Gasteiger partial charge in [-0.3, -0.25) is 9.89 Å². The highest BCUT2D eigenvalue weighted by Crippen LogP contribution is 2.30. The maximum Gasteiger partial charge on any atom is 0.208 e. The van der Waals surface area contributed by atoms with Crippen molar-refractivity contribution in [2.24, 2.45) is 16.8 Å². The Labute approximate surface area is 211 Å². The number of aryl methyl sites for hydroxylation is 2. The number of oxazole rings is 1. The first kappa shape index (κ1) is 27.4. The maximum absolute atomic E-state index is 6.04. The van der Waals surface area contributed by atoms with Crippen LogP contribution in [0.3, 0.4) is 0 Å². The lowest BCUT2D eigenvalue weighted by atomic mass is 9.97. The summed E-state index contributed by atoms with van der Waals surface area (Å²) in [6.07, 6.45) is 9.20. The van der Waals surface area contributed by atoms with Gasteiger partial charge < -0.3 is 19.8 Å². The smallest absolute Gasteiger partial charge is 0.208 e. The Bertz CT molecular complexity index is 662. The first-order valence-corrected chi connectivity index (χ1v) is 12.3. The van der Waals surface area contributed by atoms with E-state index in [1.807, 2.05) is 20.9 Å². The van der Waals surface area contributed by atoms with Crippen molar-refractivity contribution < 1.29 is 9.15 Å². The third-order valence-electron chi connectivity index (χ3n) is 6.95. The lowest BCUT2D eigenvalue weighted by Crippen LogP contribution is -2.43. The summed E-state index contributed by atoms with van der Waals surface area (Å²) in [7, 11) is 1.86. The standard InChI is InChI=1S/C24H43N5O2.HI/c1-5-30-22(21-8-6-7-9-21)10-13-26-24(25-4)27-16-20-11-14-29(15-12-20)17-23-28-18(2)19(3)31-23;/h20-22H,5-17H2,1-4H3,(H2,25,26,27);1H. The quantitative estimate of drug-likeness (QED) is 0.253. The molecule has 0 radical (unpaired) electrons. The van der Waals surface area contributed by atoms with E-state index < -0.39 is 0 Å². The molecule has 184 valence electrons. The van der Waals surface area contributed by atoms with Crippen LogP contribution in [0, 0.1) is 25.7 Å². The zero-order valence-electron chi connectivity index (χ0n) is 20.5. The molecule has 2 N–H and O–H groups in total. The van der Waals surface area contributed by atoms with Gasteiger partial charge in [-0.05, 0) is 77.8 Å². The first-order chi connectivity index (χ1) is 15.1. The second kappa shape index (κ2) is 14.4. The number of ether oxygens (including phenoxy) is 1. The van der Waals surface area contributed by atoms with E-state index in [2.05, 4.69) is 32.4 Å². The number of guanidine groups is 1. The van der Waals surface area contributed by atoms with Crippen LogP contribution in [0.25, 0.3) is 0 Å². The Balaban J connectivity index is 0.00000363. The Kier molecular flexibility index (Phi) is 12.3. The van der Waals surface area contributed by atoms with E-state index in [-0.39, 0.29) is 24.0 Å². The van der Waals surface area contributed by atoms with E-state index in [9.17, 15) is 0 Å². The summed E-state index contributed by atoms with van der Waals surface area (Å²) in [5.41, 5.74) is 1.00. The molecule has 0 bridgehead atoms. The van der Waals surface area contributed by atoms with E-state index in [0.717, 1.165) is 75.0 Å². The molecule has 1 aromatic heterocycles. The SMILES string of the molecule is CCOC(CCNC(=NC)NCC1CCN(Cc2nc(C)c(C)o2)CC1)C1CCCC1.I. The molecule has 1 aliphatic heterocycles. The Morgan fingerprint density at radius 3 is 2.50 bits per heavy atom. The number of halogens is 1. The minimum absolute atomic E-state index is 0. The lowest BCUT2D eigenvalue weighted by Gasteiger charge is -2.31. The fourth-order valence-corrected chi connectivity index (χ4v) is 4.94. The summed E-state index contributed by atoms with van der Waals surface area (Å²) in [5.74, 6) is 4.11. The molecule has 0 spiro atoms. The van der Waals surface area contributed by atoms with E-state index in [1.54, 1.807) is 0 Å². The zero-order valence-corrected chi connectivity index (χ0v) is 22.8. The second-order valence-corrected chi connectivity index (χ2v) is 9.18. The van der Waals surface area contributed by atoms with Crippen LogP contribution in [0.1, 0.15) is 69.2 Å². The molecule has 3 rings (SSSR count). The third kappa shape index (κ3) is 8.48. The predicted molar refractivity (Wildman–Crippen MR) is 141 cm³/mol. The maximum atomic E-state index is 6.04. The van der Waals surface area contributed by atoms with Gasteiger partial charge in [0.05, 0.1) is 18.3 Å². The number of nitrogens with one attached hydrogen (secondary N) is 2. The van der Waals surface area contributed by atoms with Gasteiger partial charge >= 0.3 is 0 Å². The van der Waals surface area contributed by atoms with Crippen molar-refractivity contribution >= 4 is 29.9 Å². The summed E-state index contributed by atoms with van der Waals surface area (Å²) < 4.78 is 11.8. The molecule has 2 fully saturated rings. The molecule has 2 aliphatic rings. The molecular weight excluding hydrogens is 517 g/mol. The van der Waals surface area contributed by atoms with Crippen LogP contribution < -0.4 is 10.6 Å². The van der Waals surface area contributed by atoms with Gasteiger partial charge in [0.2, 0.25) is 5.89 Å². The molecule has 1 saturated carbocycles. The predicted octanol–water partition coefficient (Wildman–Crippen LogP) is 4.27. The van der Waals surface area contributed by atoms with Crippen LogP contribution in [0.2, 0.25) is 0 Å². The number of likely N-dealkylation sites (tertiary alicyclic amines) is 1. The number of hydrogen-bond acceptors (Lipinski definition) is 5. The highest BCUT2D eigenvalue weighted by molar-refractivity contribution is 14.0. The number of hydrogen-bond donors (Lipinski definition) is 2. The monoisotopic (exact) mass is 561 g/mol. The van der Waals surface area contributed by atoms with Crippen molar-refractivity contribution in [2.75, 3.05) is 39.8 Å². The van der Waals surface area contributed by atoms with Gasteiger partial charge in [-0.25, -0.2) is 4.98 Å². The highest BCUT2D eigenvalue weighted by atomic mass is 127. The third-order valence-corrected chi connectivity index (χ3v) is 6.95. The molecule has 1 aliphatic carbocycles. The second-order valence-electron chi connectivity index (χ2n) is 9.18. The van der Waals surface area contributed by atoms with Gasteiger partial charge in [0.1, 0.15) is 5.76 Å². The Morgan fingerprint density at radius 2 is 1.91 bits per heavy atom. The van der Waals surface area contributed by atoms with Crippen LogP contribution in [-0.4, -0.2) is 61.8 Å². The average molecular weight is 562 g/mol. The van der Waals surface area contributed by atoms with E-state index in [0.29, 0.717) is 12.0 Å². The number of aromatic nitrogens is 1. The molecule has 0 aromatic carbocycles. The van der Waals surface area contributed by atoms with Gasteiger partial charge in [0.25, 0.3) is 0 Å². The van der Waals surface area contributed by atoms with Crippen molar-refractivity contribution in [1.82, 2.24) is 20.5 Å². The van der Waals surface area contributed by atoms with Crippen LogP contribution in [-0.2, 0) is 11.3 Å². The summed E-state index contributed by atoms with van der Waals surface area (Å²) in [5, 5.41) is 7.04. The number of rotatable bonds is 10. The number of nitrogens with zero attached hydrogens (tertiary/aromatic N) is 3. The van der Waals surface area contributed by atoms with E-state index in [4.69, 9.17) is 9.15 Å². The fourth-order valence-electron chi connectivity index (χ4n) is 4.94. The Hall–Kier alpha value is -0.870. The Morgan fingerprint density at radius 1 is 1.19 bits per heavy atom. The molecule has 7 nitrogen and oxygen atoms in total. The molecule has 1 aromatic rings. The normalized spacial score (nSPS) is 19.7. The van der Waals surface area contributed by atoms with Crippen LogP contribution in [0.4, 0.5) is 0 Å². The summed E-state index contributed by atoms with van der Waals surface area (Å²) in [6, 6.07) is 0. The summed E-state index contributed by atoms with van der Waals surface area (Å²) in [4.78, 5) is 11.4. The van der Waals surface area contributed by atoms with Crippen LogP contribution in [0.15, 0.2) is 9.41 Å². The van der Waals surface area contributed by atoms with Gasteiger partial charge in [-0.2, -0.15) is 0 Å².